The molecule has 0 aliphatic rings. The van der Waals surface area contributed by atoms with Crippen LogP contribution in [0, 0.1) is 0 Å². The second-order valence-electron chi connectivity index (χ2n) is 4.95. The molecule has 132 valence electrons. The molecular weight excluding hydrogens is 341 g/mol. The number of phenols is 1. The molecule has 0 unspecified atom stereocenters. The van der Waals surface area contributed by atoms with Crippen molar-refractivity contribution < 1.29 is 27.9 Å². The van der Waals surface area contributed by atoms with E-state index >= 15 is 0 Å². The summed E-state index contributed by atoms with van der Waals surface area (Å²) in [6, 6.07) is 6.57. The Morgan fingerprint density at radius 3 is 2.52 bits per heavy atom. The number of ketones is 1. The van der Waals surface area contributed by atoms with Gasteiger partial charge < -0.3 is 5.11 Å². The first-order valence-corrected chi connectivity index (χ1v) is 6.93. The Balaban J connectivity index is 2.19. The van der Waals surface area contributed by atoms with E-state index in [-0.39, 0.29) is 11.3 Å². The van der Waals surface area contributed by atoms with Gasteiger partial charge in [-0.2, -0.15) is 23.4 Å². The highest BCUT2D eigenvalue weighted by atomic mass is 19.4. The Kier molecular flexibility index (Phi) is 5.20. The molecule has 0 aliphatic heterocycles. The number of carbonyl (C=O) groups is 2. The van der Waals surface area contributed by atoms with E-state index in [0.717, 1.165) is 4.68 Å². The number of alkyl halides is 3. The van der Waals surface area contributed by atoms with Crippen molar-refractivity contribution >= 4 is 17.4 Å². The smallest absolute Gasteiger partial charge is 0.431 e. The fourth-order valence-electron chi connectivity index (χ4n) is 1.94. The van der Waals surface area contributed by atoms with Crippen LogP contribution in [0.25, 0.3) is 0 Å². The van der Waals surface area contributed by atoms with Gasteiger partial charge in [-0.05, 0) is 18.2 Å². The van der Waals surface area contributed by atoms with Crippen LogP contribution in [0.2, 0.25) is 0 Å². The van der Waals surface area contributed by atoms with Crippen molar-refractivity contribution in [3.8, 4) is 5.75 Å². The number of aromatic nitrogens is 2. The third-order valence-electron chi connectivity index (χ3n) is 3.20. The summed E-state index contributed by atoms with van der Waals surface area (Å²) in [5.41, 5.74) is -0.0326. The third-order valence-corrected chi connectivity index (χ3v) is 3.20. The summed E-state index contributed by atoms with van der Waals surface area (Å²) in [5, 5.41) is 16.2. The van der Waals surface area contributed by atoms with Gasteiger partial charge in [-0.25, -0.2) is 5.43 Å². The van der Waals surface area contributed by atoms with Crippen molar-refractivity contribution in [2.45, 2.75) is 12.6 Å². The molecule has 2 N–H and O–H groups in total. The number of aromatic hydroxyl groups is 1. The molecule has 0 radical (unpaired) electrons. The first-order chi connectivity index (χ1) is 11.7. The first-order valence-electron chi connectivity index (χ1n) is 6.93. The number of benzene rings is 1. The lowest BCUT2D eigenvalue weighted by atomic mass is 10.1. The van der Waals surface area contributed by atoms with Crippen LogP contribution in [0.5, 0.6) is 5.75 Å². The molecule has 25 heavy (non-hydrogen) atoms. The molecule has 0 saturated heterocycles. The number of hydrogen-bond donors (Lipinski definition) is 2. The summed E-state index contributed by atoms with van der Waals surface area (Å²) in [6.45, 7) is 0. The lowest BCUT2D eigenvalue weighted by molar-refractivity contribution is -0.0605. The fraction of sp³-hybridized carbons (Fsp3) is 0.200. The van der Waals surface area contributed by atoms with Crippen LogP contribution in [0.1, 0.15) is 27.3 Å². The number of nitrogens with zero attached hydrogens (tertiary/aromatic N) is 3. The van der Waals surface area contributed by atoms with Crippen molar-refractivity contribution in [3.05, 3.63) is 47.8 Å². The number of hydrazone groups is 1. The van der Waals surface area contributed by atoms with Crippen molar-refractivity contribution in [3.63, 3.8) is 0 Å². The summed E-state index contributed by atoms with van der Waals surface area (Å²) in [6.07, 6.45) is -4.71. The number of phenolic OH excluding ortho intramolecular Hbond substituents is 1. The van der Waals surface area contributed by atoms with Crippen LogP contribution < -0.4 is 5.43 Å². The van der Waals surface area contributed by atoms with E-state index in [1.54, 1.807) is 5.43 Å². The Morgan fingerprint density at radius 2 is 1.96 bits per heavy atom. The van der Waals surface area contributed by atoms with Gasteiger partial charge >= 0.3 is 6.18 Å². The van der Waals surface area contributed by atoms with Gasteiger partial charge in [0, 0.05) is 13.2 Å². The maximum atomic E-state index is 13.0. The number of amides is 1. The van der Waals surface area contributed by atoms with Crippen LogP contribution in [-0.2, 0) is 7.05 Å². The number of hydrogen-bond acceptors (Lipinski definition) is 5. The predicted octanol–water partition coefficient (Wildman–Crippen LogP) is 2.05. The van der Waals surface area contributed by atoms with Gasteiger partial charge in [0.15, 0.2) is 5.78 Å². The normalized spacial score (nSPS) is 12.1. The number of rotatable bonds is 5. The molecule has 2 rings (SSSR count). The highest BCUT2D eigenvalue weighted by Crippen LogP contribution is 2.21. The summed E-state index contributed by atoms with van der Waals surface area (Å²) < 4.78 is 40.3. The van der Waals surface area contributed by atoms with Crippen LogP contribution in [-0.4, -0.2) is 38.5 Å². The van der Waals surface area contributed by atoms with Gasteiger partial charge in [0.2, 0.25) is 0 Å². The first kappa shape index (κ1) is 18.2. The topological polar surface area (TPSA) is 96.6 Å². The molecule has 1 aromatic carbocycles. The zero-order valence-electron chi connectivity index (χ0n) is 12.9. The van der Waals surface area contributed by atoms with Crippen molar-refractivity contribution in [2.75, 3.05) is 0 Å². The summed E-state index contributed by atoms with van der Waals surface area (Å²) >= 11 is 0. The van der Waals surface area contributed by atoms with Gasteiger partial charge in [-0.3, -0.25) is 14.3 Å². The Labute approximate surface area is 139 Å². The maximum absolute atomic E-state index is 13.0. The fourth-order valence-corrected chi connectivity index (χ4v) is 1.94. The number of para-hydroxylation sites is 1. The van der Waals surface area contributed by atoms with E-state index in [4.69, 9.17) is 0 Å². The van der Waals surface area contributed by atoms with Gasteiger partial charge in [-0.15, -0.1) is 0 Å². The minimum absolute atomic E-state index is 0.0241. The van der Waals surface area contributed by atoms with Gasteiger partial charge in [0.1, 0.15) is 17.2 Å². The van der Waals surface area contributed by atoms with Gasteiger partial charge in [0.05, 0.1) is 12.0 Å². The quantitative estimate of drug-likeness (QED) is 0.488. The molecule has 0 fully saturated rings. The zero-order valence-corrected chi connectivity index (χ0v) is 12.9. The molecule has 0 saturated carbocycles. The van der Waals surface area contributed by atoms with Crippen molar-refractivity contribution in [1.29, 1.82) is 0 Å². The van der Waals surface area contributed by atoms with Gasteiger partial charge in [0.25, 0.3) is 5.91 Å². The molecule has 1 aromatic heterocycles. The molecule has 10 heteroatoms. The molecule has 0 atom stereocenters. The van der Waals surface area contributed by atoms with E-state index in [1.165, 1.54) is 43.6 Å². The van der Waals surface area contributed by atoms with Crippen LogP contribution in [0.3, 0.4) is 0 Å². The predicted molar refractivity (Wildman–Crippen MR) is 81.2 cm³/mol. The van der Waals surface area contributed by atoms with E-state index in [1.807, 2.05) is 0 Å². The molecule has 0 spiro atoms. The maximum Gasteiger partial charge on any atom is 0.431 e. The highest BCUT2D eigenvalue weighted by molar-refractivity contribution is 6.11. The average molecular weight is 354 g/mol. The zero-order chi connectivity index (χ0) is 18.6. The Bertz CT molecular complexity index is 827. The van der Waals surface area contributed by atoms with E-state index in [0.29, 0.717) is 0 Å². The lowest BCUT2D eigenvalue weighted by Gasteiger charge is -2.10. The largest absolute Gasteiger partial charge is 0.507 e. The second kappa shape index (κ2) is 7.16. The number of aryl methyl sites for hydroxylation is 1. The van der Waals surface area contributed by atoms with E-state index in [2.05, 4.69) is 10.2 Å². The molecule has 7 nitrogen and oxygen atoms in total. The number of carbonyl (C=O) groups excluding carboxylic acids is 2. The highest BCUT2D eigenvalue weighted by Gasteiger charge is 2.38. The van der Waals surface area contributed by atoms with Crippen LogP contribution >= 0.6 is 0 Å². The molecule has 1 heterocycles. The van der Waals surface area contributed by atoms with Crippen LogP contribution in [0.15, 0.2) is 41.6 Å². The number of halogens is 3. The summed E-state index contributed by atoms with van der Waals surface area (Å²) in [5.74, 6) is -2.30. The monoisotopic (exact) mass is 354 g/mol. The minimum Gasteiger partial charge on any atom is -0.507 e. The number of nitrogens with one attached hydrogen (secondary N) is 1. The lowest BCUT2D eigenvalue weighted by Crippen LogP contribution is -2.30. The molecule has 2 aromatic rings. The van der Waals surface area contributed by atoms with E-state index < -0.39 is 35.7 Å². The van der Waals surface area contributed by atoms with E-state index in [9.17, 15) is 27.9 Å². The average Bonchev–Trinajstić information content (AvgIpc) is 2.96. The molecule has 0 aliphatic carbocycles. The Hall–Kier alpha value is -3.17. The molecule has 0 bridgehead atoms. The third kappa shape index (κ3) is 4.43. The van der Waals surface area contributed by atoms with Crippen LogP contribution in [0.4, 0.5) is 13.2 Å². The molecular formula is C15H13F3N4O3. The van der Waals surface area contributed by atoms with Crippen molar-refractivity contribution in [2.24, 2.45) is 12.1 Å². The number of Topliss-reactive ketones (excluding diaryl/α,β-unsaturated/α-hetero) is 1. The van der Waals surface area contributed by atoms with Crippen molar-refractivity contribution in [1.82, 2.24) is 15.2 Å². The SMILES string of the molecule is Cn1nccc1C(=O)C/C(=N/NC(=O)c1ccccc1O)C(F)(F)F. The van der Waals surface area contributed by atoms with Gasteiger partial charge in [-0.1, -0.05) is 12.1 Å². The summed E-state index contributed by atoms with van der Waals surface area (Å²) in [7, 11) is 1.41. The minimum atomic E-state index is -4.92. The summed E-state index contributed by atoms with van der Waals surface area (Å²) in [4.78, 5) is 23.8. The Morgan fingerprint density at radius 1 is 1.28 bits per heavy atom. The second-order valence-corrected chi connectivity index (χ2v) is 4.95. The molecule has 1 amide bonds. The standard InChI is InChI=1S/C15H13F3N4O3/c1-22-10(6-7-19-22)12(24)8-13(15(16,17)18)20-21-14(25)9-4-2-3-5-11(9)23/h2-7,23H,8H2,1H3,(H,21,25)/b20-13-.